The molecule has 4 heterocycles. The highest BCUT2D eigenvalue weighted by molar-refractivity contribution is 7.92. The highest BCUT2D eigenvalue weighted by Crippen LogP contribution is 2.43. The third kappa shape index (κ3) is 4.13. The van der Waals surface area contributed by atoms with E-state index in [-0.39, 0.29) is 11.7 Å². The molecule has 3 aromatic rings. The number of hydrogen-bond donors (Lipinski definition) is 2. The van der Waals surface area contributed by atoms with Crippen LogP contribution in [0.15, 0.2) is 29.8 Å². The number of amides is 1. The Labute approximate surface area is 199 Å². The Bertz CT molecular complexity index is 1310. The lowest BCUT2D eigenvalue weighted by Gasteiger charge is -2.34. The molecule has 1 aromatic carbocycles. The smallest absolute Gasteiger partial charge is 0.250 e. The maximum atomic E-state index is 12.5. The number of hydrogen-bond acceptors (Lipinski definition) is 5. The third-order valence-electron chi connectivity index (χ3n) is 7.41. The van der Waals surface area contributed by atoms with Crippen LogP contribution in [0.1, 0.15) is 66.2 Å². The van der Waals surface area contributed by atoms with Gasteiger partial charge in [-0.25, -0.2) is 8.42 Å². The first-order chi connectivity index (χ1) is 15.6. The maximum absolute atomic E-state index is 12.5. The molecule has 8 heteroatoms. The van der Waals surface area contributed by atoms with Crippen molar-refractivity contribution in [2.45, 2.75) is 56.7 Å². The Morgan fingerprint density at radius 2 is 1.97 bits per heavy atom. The highest BCUT2D eigenvalue weighted by Gasteiger charge is 2.41. The second-order valence-electron chi connectivity index (χ2n) is 10.1. The van der Waals surface area contributed by atoms with Gasteiger partial charge in [-0.1, -0.05) is 0 Å². The molecule has 0 radical (unpaired) electrons. The maximum Gasteiger partial charge on any atom is 0.250 e. The fourth-order valence-electron chi connectivity index (χ4n) is 5.39. The molecule has 0 saturated carbocycles. The van der Waals surface area contributed by atoms with Crippen molar-refractivity contribution in [2.24, 2.45) is 5.73 Å². The molecule has 2 aliphatic heterocycles. The van der Waals surface area contributed by atoms with Crippen LogP contribution in [0.5, 0.6) is 0 Å². The van der Waals surface area contributed by atoms with E-state index in [2.05, 4.69) is 27.4 Å². The van der Waals surface area contributed by atoms with Crippen LogP contribution in [0, 0.1) is 0 Å². The lowest BCUT2D eigenvalue weighted by atomic mass is 9.86. The Morgan fingerprint density at radius 3 is 2.67 bits per heavy atom. The lowest BCUT2D eigenvalue weighted by Crippen LogP contribution is -2.40. The summed E-state index contributed by atoms with van der Waals surface area (Å²) in [4.78, 5) is 19.4. The van der Waals surface area contributed by atoms with Crippen LogP contribution in [0.4, 0.5) is 0 Å². The number of aromatic nitrogens is 1. The van der Waals surface area contributed by atoms with Crippen LogP contribution < -0.4 is 5.73 Å². The normalized spacial score (nSPS) is 22.7. The SMILES string of the molecule is CC1(C)CC(c2c[nH]c3c(C(N)=O)cc(-c4csc(CN5CCCC5)c4)cc23)CCS1(=O)=O. The summed E-state index contributed by atoms with van der Waals surface area (Å²) in [5, 5.41) is 3.12. The number of sulfone groups is 1. The Kier molecular flexibility index (Phi) is 5.66. The van der Waals surface area contributed by atoms with Crippen LogP contribution >= 0.6 is 11.3 Å². The minimum Gasteiger partial charge on any atom is -0.366 e. The number of primary amides is 1. The van der Waals surface area contributed by atoms with E-state index in [1.54, 1.807) is 11.3 Å². The van der Waals surface area contributed by atoms with Gasteiger partial charge < -0.3 is 10.7 Å². The number of nitrogens with two attached hydrogens (primary N) is 1. The van der Waals surface area contributed by atoms with Crippen molar-refractivity contribution >= 4 is 38.0 Å². The fraction of sp³-hybridized carbons (Fsp3) is 0.480. The van der Waals surface area contributed by atoms with Crippen LogP contribution in [0.3, 0.4) is 0 Å². The zero-order valence-electron chi connectivity index (χ0n) is 19.2. The number of thiophene rings is 1. The van der Waals surface area contributed by atoms with Gasteiger partial charge in [0.15, 0.2) is 9.84 Å². The molecule has 176 valence electrons. The highest BCUT2D eigenvalue weighted by atomic mass is 32.2. The molecule has 0 spiro atoms. The number of H-pyrrole nitrogens is 1. The number of likely N-dealkylation sites (tertiary alicyclic amines) is 1. The summed E-state index contributed by atoms with van der Waals surface area (Å²) in [6.45, 7) is 6.92. The molecule has 2 aromatic heterocycles. The quantitative estimate of drug-likeness (QED) is 0.549. The van der Waals surface area contributed by atoms with Crippen LogP contribution in [-0.4, -0.2) is 47.8 Å². The number of carbonyl (C=O) groups is 1. The topological polar surface area (TPSA) is 96.3 Å². The van der Waals surface area contributed by atoms with E-state index in [0.29, 0.717) is 18.4 Å². The minimum absolute atomic E-state index is 0.112. The van der Waals surface area contributed by atoms with Crippen molar-refractivity contribution in [1.82, 2.24) is 9.88 Å². The molecule has 2 saturated heterocycles. The summed E-state index contributed by atoms with van der Waals surface area (Å²) in [6, 6.07) is 6.23. The number of carbonyl (C=O) groups excluding carboxylic acids is 1. The summed E-state index contributed by atoms with van der Waals surface area (Å²) in [6.07, 6.45) is 5.63. The summed E-state index contributed by atoms with van der Waals surface area (Å²) in [5.74, 6) is -0.167. The van der Waals surface area contributed by atoms with Crippen molar-refractivity contribution in [1.29, 1.82) is 0 Å². The Balaban J connectivity index is 1.53. The standard InChI is InChI=1S/C25H31N3O3S2/c1-25(2)12-16(5-8-33(25,30)31)22-13-27-23-20(22)10-17(11-21(23)24(26)29)18-9-19(32-15-18)14-28-6-3-4-7-28/h9-11,13,15-16,27H,3-8,12,14H2,1-2H3,(H2,26,29). The van der Waals surface area contributed by atoms with Crippen molar-refractivity contribution in [3.05, 3.63) is 45.8 Å². The number of benzene rings is 1. The molecule has 6 nitrogen and oxygen atoms in total. The first-order valence-corrected chi connectivity index (χ1v) is 14.1. The molecular weight excluding hydrogens is 454 g/mol. The van der Waals surface area contributed by atoms with Crippen molar-refractivity contribution < 1.29 is 13.2 Å². The zero-order chi connectivity index (χ0) is 23.4. The predicted octanol–water partition coefficient (Wildman–Crippen LogP) is 4.66. The summed E-state index contributed by atoms with van der Waals surface area (Å²) < 4.78 is 24.3. The number of nitrogens with zero attached hydrogens (tertiary/aromatic N) is 1. The van der Waals surface area contributed by atoms with Crippen LogP contribution in [0.25, 0.3) is 22.0 Å². The first kappa shape index (κ1) is 22.6. The van der Waals surface area contributed by atoms with Gasteiger partial charge in [0.05, 0.1) is 21.6 Å². The third-order valence-corrected chi connectivity index (χ3v) is 11.0. The van der Waals surface area contributed by atoms with E-state index in [4.69, 9.17) is 5.73 Å². The van der Waals surface area contributed by atoms with Gasteiger partial charge in [-0.3, -0.25) is 9.69 Å². The van der Waals surface area contributed by atoms with Gasteiger partial charge in [0.25, 0.3) is 5.91 Å². The van der Waals surface area contributed by atoms with Gasteiger partial charge in [0.2, 0.25) is 0 Å². The van der Waals surface area contributed by atoms with Gasteiger partial charge in [-0.2, -0.15) is 0 Å². The molecule has 1 unspecified atom stereocenters. The van der Waals surface area contributed by atoms with E-state index in [9.17, 15) is 13.2 Å². The number of nitrogens with one attached hydrogen (secondary N) is 1. The first-order valence-electron chi connectivity index (χ1n) is 11.6. The molecule has 2 aliphatic rings. The molecule has 33 heavy (non-hydrogen) atoms. The lowest BCUT2D eigenvalue weighted by molar-refractivity contribution is 0.100. The minimum atomic E-state index is -3.11. The van der Waals surface area contributed by atoms with E-state index < -0.39 is 20.5 Å². The second kappa shape index (κ2) is 8.25. The largest absolute Gasteiger partial charge is 0.366 e. The fourth-order valence-corrected chi connectivity index (χ4v) is 7.93. The van der Waals surface area contributed by atoms with Crippen molar-refractivity contribution in [3.63, 3.8) is 0 Å². The Hall–Kier alpha value is -2.16. The average molecular weight is 486 g/mol. The monoisotopic (exact) mass is 485 g/mol. The molecular formula is C25H31N3O3S2. The molecule has 0 bridgehead atoms. The molecule has 2 fully saturated rings. The van der Waals surface area contributed by atoms with Gasteiger partial charge in [-0.05, 0) is 98.8 Å². The predicted molar refractivity (Wildman–Crippen MR) is 134 cm³/mol. The second-order valence-corrected chi connectivity index (χ2v) is 13.8. The van der Waals surface area contributed by atoms with Gasteiger partial charge in [0.1, 0.15) is 0 Å². The summed E-state index contributed by atoms with van der Waals surface area (Å²) >= 11 is 1.75. The van der Waals surface area contributed by atoms with Gasteiger partial charge >= 0.3 is 0 Å². The van der Waals surface area contributed by atoms with Crippen molar-refractivity contribution in [2.75, 3.05) is 18.8 Å². The van der Waals surface area contributed by atoms with Crippen molar-refractivity contribution in [3.8, 4) is 11.1 Å². The van der Waals surface area contributed by atoms with E-state index >= 15 is 0 Å². The number of rotatable bonds is 5. The number of fused-ring (bicyclic) bond motifs is 1. The molecule has 1 atom stereocenters. The molecule has 0 aliphatic carbocycles. The molecule has 3 N–H and O–H groups in total. The zero-order valence-corrected chi connectivity index (χ0v) is 20.8. The molecule has 5 rings (SSSR count). The van der Waals surface area contributed by atoms with Gasteiger partial charge in [0, 0.05) is 23.0 Å². The van der Waals surface area contributed by atoms with Crippen LogP contribution in [0.2, 0.25) is 0 Å². The van der Waals surface area contributed by atoms with E-state index in [1.165, 1.54) is 17.7 Å². The number of aromatic amines is 1. The summed E-state index contributed by atoms with van der Waals surface area (Å²) in [7, 11) is -3.11. The Morgan fingerprint density at radius 1 is 1.21 bits per heavy atom. The van der Waals surface area contributed by atoms with E-state index in [0.717, 1.165) is 47.2 Å². The van der Waals surface area contributed by atoms with Crippen LogP contribution in [-0.2, 0) is 16.4 Å². The molecule has 1 amide bonds. The van der Waals surface area contributed by atoms with Gasteiger partial charge in [-0.15, -0.1) is 11.3 Å². The average Bonchev–Trinajstić information content (AvgIpc) is 3.50. The van der Waals surface area contributed by atoms with E-state index in [1.807, 2.05) is 26.1 Å². The summed E-state index contributed by atoms with van der Waals surface area (Å²) in [5.41, 5.74) is 10.1.